The number of methoxy groups -OCH3 is 1. The Balaban J connectivity index is 1.46. The van der Waals surface area contributed by atoms with Crippen LogP contribution in [-0.4, -0.2) is 37.7 Å². The number of carbonyl (C=O) groups is 3. The van der Waals surface area contributed by atoms with Crippen LogP contribution in [0.3, 0.4) is 0 Å². The molecule has 4 aliphatic rings. The van der Waals surface area contributed by atoms with Crippen molar-refractivity contribution in [2.45, 2.75) is 85.2 Å². The highest BCUT2D eigenvalue weighted by atomic mass is 16.7. The van der Waals surface area contributed by atoms with Crippen molar-refractivity contribution in [3.8, 4) is 0 Å². The molecule has 0 N–H and O–H groups in total. The fraction of sp³-hybridized carbons (Fsp3) is 0.828. The van der Waals surface area contributed by atoms with Gasteiger partial charge in [0.15, 0.2) is 0 Å². The quantitative estimate of drug-likeness (QED) is 0.155. The lowest BCUT2D eigenvalue weighted by Crippen LogP contribution is -2.40. The van der Waals surface area contributed by atoms with Crippen molar-refractivity contribution < 1.29 is 33.3 Å². The van der Waals surface area contributed by atoms with Crippen LogP contribution in [0, 0.1) is 52.8 Å². The minimum Gasteiger partial charge on any atom is -0.469 e. The lowest BCUT2D eigenvalue weighted by atomic mass is 9.70. The zero-order valence-electron chi connectivity index (χ0n) is 22.6. The molecule has 202 valence electrons. The van der Waals surface area contributed by atoms with E-state index < -0.39 is 23.2 Å². The molecule has 4 fully saturated rings. The Labute approximate surface area is 215 Å². The first-order valence-corrected chi connectivity index (χ1v) is 13.9. The maximum atomic E-state index is 13.7. The van der Waals surface area contributed by atoms with Crippen LogP contribution in [0.2, 0.25) is 0 Å². The summed E-state index contributed by atoms with van der Waals surface area (Å²) in [5.74, 6) is 2.03. The van der Waals surface area contributed by atoms with E-state index in [2.05, 4.69) is 6.58 Å². The van der Waals surface area contributed by atoms with E-state index >= 15 is 0 Å². The van der Waals surface area contributed by atoms with E-state index in [1.165, 1.54) is 32.8 Å². The summed E-state index contributed by atoms with van der Waals surface area (Å²) < 4.78 is 21.6. The standard InChI is InChI=1S/C29H44O7/c1-7-17(26(30)35-16(3)33-6)11-21(15-29(4,5)28(32)34-8-2)27(31)36-23-14-20-13-22(23)25-19-10-9-18(12-19)24(20)25/h17-25H,3,7-15H2,1-2,4-6H3. The summed E-state index contributed by atoms with van der Waals surface area (Å²) in [4.78, 5) is 39.1. The normalized spacial score (nSPS) is 33.5. The highest BCUT2D eigenvalue weighted by Gasteiger charge is 2.63. The average molecular weight is 505 g/mol. The second-order valence-corrected chi connectivity index (χ2v) is 12.2. The minimum absolute atomic E-state index is 0.0448. The second kappa shape index (κ2) is 10.7. The largest absolute Gasteiger partial charge is 0.469 e. The van der Waals surface area contributed by atoms with Gasteiger partial charge >= 0.3 is 17.9 Å². The molecule has 4 aliphatic carbocycles. The SMILES string of the molecule is C=C(OC)OC(=O)C(CC)CC(CC(C)(C)C(=O)OCC)C(=O)OC1CC2CC1C1C3CCC(C3)C21. The lowest BCUT2D eigenvalue weighted by molar-refractivity contribution is -0.164. The highest BCUT2D eigenvalue weighted by Crippen LogP contribution is 2.67. The van der Waals surface area contributed by atoms with Gasteiger partial charge in [-0.1, -0.05) is 6.92 Å². The van der Waals surface area contributed by atoms with E-state index in [9.17, 15) is 14.4 Å². The third kappa shape index (κ3) is 5.17. The van der Waals surface area contributed by atoms with Gasteiger partial charge in [0.25, 0.3) is 5.95 Å². The van der Waals surface area contributed by atoms with Gasteiger partial charge in [0, 0.05) is 0 Å². The van der Waals surface area contributed by atoms with Crippen LogP contribution in [0.25, 0.3) is 0 Å². The highest BCUT2D eigenvalue weighted by molar-refractivity contribution is 5.79. The molecule has 0 heterocycles. The van der Waals surface area contributed by atoms with E-state index in [0.29, 0.717) is 24.2 Å². The van der Waals surface area contributed by atoms with Crippen molar-refractivity contribution in [2.24, 2.45) is 52.8 Å². The van der Waals surface area contributed by atoms with Crippen molar-refractivity contribution in [2.75, 3.05) is 13.7 Å². The molecule has 7 heteroatoms. The van der Waals surface area contributed by atoms with E-state index in [4.69, 9.17) is 18.9 Å². The summed E-state index contributed by atoms with van der Waals surface area (Å²) in [5, 5.41) is 0. The monoisotopic (exact) mass is 504 g/mol. The van der Waals surface area contributed by atoms with Crippen LogP contribution in [-0.2, 0) is 33.3 Å². The Bertz CT molecular complexity index is 864. The number of hydrogen-bond acceptors (Lipinski definition) is 7. The smallest absolute Gasteiger partial charge is 0.316 e. The number of ether oxygens (including phenoxy) is 4. The Kier molecular flexibility index (Phi) is 8.06. The van der Waals surface area contributed by atoms with Gasteiger partial charge in [0.2, 0.25) is 0 Å². The summed E-state index contributed by atoms with van der Waals surface area (Å²) in [5.41, 5.74) is -0.887. The van der Waals surface area contributed by atoms with Crippen LogP contribution < -0.4 is 0 Å². The molecule has 0 saturated heterocycles. The predicted octanol–water partition coefficient (Wildman–Crippen LogP) is 5.27. The number of esters is 3. The molecule has 0 radical (unpaired) electrons. The van der Waals surface area contributed by atoms with Gasteiger partial charge < -0.3 is 18.9 Å². The molecular formula is C29H44O7. The second-order valence-electron chi connectivity index (χ2n) is 12.2. The van der Waals surface area contributed by atoms with E-state index in [1.807, 2.05) is 6.92 Å². The Morgan fingerprint density at radius 3 is 2.28 bits per heavy atom. The van der Waals surface area contributed by atoms with Crippen molar-refractivity contribution >= 4 is 17.9 Å². The molecule has 7 nitrogen and oxygen atoms in total. The molecule has 0 spiro atoms. The molecule has 4 bridgehead atoms. The van der Waals surface area contributed by atoms with Gasteiger partial charge in [-0.15, -0.1) is 0 Å². The van der Waals surface area contributed by atoms with Gasteiger partial charge in [-0.2, -0.15) is 0 Å². The molecular weight excluding hydrogens is 460 g/mol. The molecule has 0 amide bonds. The first-order chi connectivity index (χ1) is 17.1. The van der Waals surface area contributed by atoms with E-state index in [1.54, 1.807) is 20.8 Å². The Morgan fingerprint density at radius 2 is 1.64 bits per heavy atom. The zero-order valence-corrected chi connectivity index (χ0v) is 22.6. The maximum Gasteiger partial charge on any atom is 0.316 e. The first-order valence-electron chi connectivity index (χ1n) is 13.9. The van der Waals surface area contributed by atoms with Crippen LogP contribution >= 0.6 is 0 Å². The van der Waals surface area contributed by atoms with Crippen molar-refractivity contribution in [1.29, 1.82) is 0 Å². The van der Waals surface area contributed by atoms with Gasteiger partial charge in [0.1, 0.15) is 6.10 Å². The fourth-order valence-corrected chi connectivity index (χ4v) is 8.18. The Morgan fingerprint density at radius 1 is 0.944 bits per heavy atom. The lowest BCUT2D eigenvalue weighted by Gasteiger charge is -2.39. The zero-order chi connectivity index (χ0) is 26.2. The third-order valence-electron chi connectivity index (χ3n) is 9.70. The number of rotatable bonds is 12. The molecule has 0 aromatic heterocycles. The van der Waals surface area contributed by atoms with Crippen molar-refractivity contribution in [3.05, 3.63) is 12.5 Å². The molecule has 0 aliphatic heterocycles. The van der Waals surface area contributed by atoms with Crippen molar-refractivity contribution in [1.82, 2.24) is 0 Å². The molecule has 4 saturated carbocycles. The minimum atomic E-state index is -0.887. The van der Waals surface area contributed by atoms with Crippen molar-refractivity contribution in [3.63, 3.8) is 0 Å². The van der Waals surface area contributed by atoms with Gasteiger partial charge in [-0.3, -0.25) is 14.4 Å². The van der Waals surface area contributed by atoms with Crippen LogP contribution in [0.1, 0.15) is 79.1 Å². The fourth-order valence-electron chi connectivity index (χ4n) is 8.18. The number of carbonyl (C=O) groups excluding carboxylic acids is 3. The van der Waals surface area contributed by atoms with Gasteiger partial charge in [-0.25, -0.2) is 0 Å². The third-order valence-corrected chi connectivity index (χ3v) is 9.70. The molecule has 9 atom stereocenters. The van der Waals surface area contributed by atoms with E-state index in [0.717, 1.165) is 24.2 Å². The van der Waals surface area contributed by atoms with Gasteiger partial charge in [-0.05, 0) is 114 Å². The predicted molar refractivity (Wildman–Crippen MR) is 133 cm³/mol. The first kappa shape index (κ1) is 27.0. The topological polar surface area (TPSA) is 88.1 Å². The molecule has 0 aromatic rings. The number of fused-ring (bicyclic) bond motifs is 9. The summed E-state index contributed by atoms with van der Waals surface area (Å²) in [6, 6.07) is 0. The van der Waals surface area contributed by atoms with Gasteiger partial charge in [0.05, 0.1) is 31.0 Å². The summed E-state index contributed by atoms with van der Waals surface area (Å²) >= 11 is 0. The summed E-state index contributed by atoms with van der Waals surface area (Å²) in [6.45, 7) is 11.1. The average Bonchev–Trinajstić information content (AvgIpc) is 3.61. The van der Waals surface area contributed by atoms with E-state index in [-0.39, 0.29) is 43.4 Å². The molecule has 9 unspecified atom stereocenters. The summed E-state index contributed by atoms with van der Waals surface area (Å²) in [7, 11) is 1.38. The van der Waals surface area contributed by atoms with Crippen LogP contribution in [0.5, 0.6) is 0 Å². The maximum absolute atomic E-state index is 13.7. The molecule has 36 heavy (non-hydrogen) atoms. The Hall–Kier alpha value is -2.05. The summed E-state index contributed by atoms with van der Waals surface area (Å²) in [6.07, 6.45) is 7.16. The van der Waals surface area contributed by atoms with Crippen LogP contribution in [0.15, 0.2) is 12.5 Å². The molecule has 0 aromatic carbocycles. The molecule has 4 rings (SSSR count). The number of hydrogen-bond donors (Lipinski definition) is 0. The van der Waals surface area contributed by atoms with Crippen LogP contribution in [0.4, 0.5) is 0 Å².